The van der Waals surface area contributed by atoms with Gasteiger partial charge in [0.05, 0.1) is 0 Å². The predicted molar refractivity (Wildman–Crippen MR) is 77.6 cm³/mol. The monoisotopic (exact) mass is 260 g/mol. The van der Waals surface area contributed by atoms with Gasteiger partial charge in [0.25, 0.3) is 0 Å². The Kier molecular flexibility index (Phi) is 4.10. The number of carbonyl (C=O) groups is 1. The Morgan fingerprint density at radius 3 is 2.42 bits per heavy atom. The largest absolute Gasteiger partial charge is 0.370 e. The second kappa shape index (κ2) is 5.46. The van der Waals surface area contributed by atoms with E-state index in [0.29, 0.717) is 12.5 Å². The van der Waals surface area contributed by atoms with Crippen LogP contribution in [0.25, 0.3) is 0 Å². The highest BCUT2D eigenvalue weighted by molar-refractivity contribution is 5.99. The summed E-state index contributed by atoms with van der Waals surface area (Å²) in [5, 5.41) is 0. The van der Waals surface area contributed by atoms with Crippen LogP contribution in [-0.4, -0.2) is 18.5 Å². The number of Topliss-reactive ketones (excluding diaryl/α,β-unsaturated/α-hetero) is 1. The quantitative estimate of drug-likeness (QED) is 0.765. The van der Waals surface area contributed by atoms with Crippen LogP contribution in [0, 0.1) is 5.92 Å². The number of ketones is 1. The van der Waals surface area contributed by atoms with Gasteiger partial charge < -0.3 is 4.74 Å². The van der Waals surface area contributed by atoms with Crippen molar-refractivity contribution in [1.29, 1.82) is 0 Å². The molecule has 0 spiro atoms. The highest BCUT2D eigenvalue weighted by Gasteiger charge is 2.31. The molecule has 1 fully saturated rings. The van der Waals surface area contributed by atoms with Gasteiger partial charge in [-0.05, 0) is 29.7 Å². The van der Waals surface area contributed by atoms with E-state index in [4.69, 9.17) is 4.74 Å². The molecule has 2 unspecified atom stereocenters. The zero-order chi connectivity index (χ0) is 14.0. The van der Waals surface area contributed by atoms with Gasteiger partial charge in [-0.3, -0.25) is 4.79 Å². The van der Waals surface area contributed by atoms with E-state index >= 15 is 0 Å². The Balaban J connectivity index is 2.16. The van der Waals surface area contributed by atoms with Crippen molar-refractivity contribution in [2.45, 2.75) is 52.1 Å². The van der Waals surface area contributed by atoms with Crippen LogP contribution >= 0.6 is 0 Å². The first kappa shape index (κ1) is 14.3. The molecule has 0 N–H and O–H groups in total. The highest BCUT2D eigenvalue weighted by atomic mass is 16.5. The number of carbonyl (C=O) groups excluding carboxylic acids is 1. The molecule has 2 rings (SSSR count). The molecule has 1 saturated heterocycles. The van der Waals surface area contributed by atoms with Gasteiger partial charge in [0.2, 0.25) is 0 Å². The minimum atomic E-state index is -0.245. The maximum Gasteiger partial charge on any atom is 0.191 e. The Bertz CT molecular complexity index is 445. The molecular formula is C17H24O2. The van der Waals surface area contributed by atoms with Crippen molar-refractivity contribution in [1.82, 2.24) is 0 Å². The maximum absolute atomic E-state index is 12.4. The predicted octanol–water partition coefficient (Wildman–Crippen LogP) is 3.98. The Labute approximate surface area is 116 Å². The van der Waals surface area contributed by atoms with Gasteiger partial charge in [-0.25, -0.2) is 0 Å². The summed E-state index contributed by atoms with van der Waals surface area (Å²) in [6.45, 7) is 9.44. The van der Waals surface area contributed by atoms with Gasteiger partial charge >= 0.3 is 0 Å². The molecule has 0 aliphatic carbocycles. The standard InChI is InChI=1S/C17H24O2/c1-5-17(3,4)14-8-6-13(7-9-14)15(18)16-12(2)10-11-19-16/h6-9,12,16H,5,10-11H2,1-4H3. The maximum atomic E-state index is 12.4. The second-order valence-electron chi connectivity index (χ2n) is 6.24. The molecule has 0 amide bonds. The van der Waals surface area contributed by atoms with Crippen LogP contribution in [-0.2, 0) is 10.2 Å². The molecule has 1 aromatic rings. The molecule has 2 atom stereocenters. The Morgan fingerprint density at radius 2 is 1.95 bits per heavy atom. The van der Waals surface area contributed by atoms with Crippen LogP contribution in [0.2, 0.25) is 0 Å². The number of hydrogen-bond acceptors (Lipinski definition) is 2. The van der Waals surface area contributed by atoms with Crippen LogP contribution < -0.4 is 0 Å². The fourth-order valence-electron chi connectivity index (χ4n) is 2.48. The average molecular weight is 260 g/mol. The molecular weight excluding hydrogens is 236 g/mol. The summed E-state index contributed by atoms with van der Waals surface area (Å²) in [4.78, 5) is 12.4. The zero-order valence-corrected chi connectivity index (χ0v) is 12.4. The lowest BCUT2D eigenvalue weighted by molar-refractivity contribution is 0.0579. The molecule has 19 heavy (non-hydrogen) atoms. The summed E-state index contributed by atoms with van der Waals surface area (Å²) in [5.41, 5.74) is 2.22. The van der Waals surface area contributed by atoms with Gasteiger partial charge in [0.1, 0.15) is 6.10 Å². The summed E-state index contributed by atoms with van der Waals surface area (Å²) in [6.07, 6.45) is 1.82. The summed E-state index contributed by atoms with van der Waals surface area (Å²) in [7, 11) is 0. The molecule has 1 aliphatic rings. The van der Waals surface area contributed by atoms with Crippen molar-refractivity contribution in [3.63, 3.8) is 0 Å². The first-order valence-electron chi connectivity index (χ1n) is 7.22. The number of hydrogen-bond donors (Lipinski definition) is 0. The summed E-state index contributed by atoms with van der Waals surface area (Å²) < 4.78 is 5.55. The molecule has 0 saturated carbocycles. The smallest absolute Gasteiger partial charge is 0.191 e. The first-order valence-corrected chi connectivity index (χ1v) is 7.22. The van der Waals surface area contributed by atoms with E-state index in [-0.39, 0.29) is 17.3 Å². The lowest BCUT2D eigenvalue weighted by atomic mass is 9.81. The van der Waals surface area contributed by atoms with Crippen molar-refractivity contribution in [3.8, 4) is 0 Å². The van der Waals surface area contributed by atoms with Gasteiger partial charge in [0, 0.05) is 12.2 Å². The van der Waals surface area contributed by atoms with E-state index in [1.165, 1.54) is 5.56 Å². The molecule has 1 aromatic carbocycles. The van der Waals surface area contributed by atoms with Crippen molar-refractivity contribution >= 4 is 5.78 Å². The van der Waals surface area contributed by atoms with E-state index in [0.717, 1.165) is 18.4 Å². The normalized spacial score (nSPS) is 23.6. The van der Waals surface area contributed by atoms with Crippen LogP contribution in [0.15, 0.2) is 24.3 Å². The van der Waals surface area contributed by atoms with E-state index < -0.39 is 0 Å². The zero-order valence-electron chi connectivity index (χ0n) is 12.4. The fraction of sp³-hybridized carbons (Fsp3) is 0.588. The van der Waals surface area contributed by atoms with Crippen molar-refractivity contribution in [3.05, 3.63) is 35.4 Å². The van der Waals surface area contributed by atoms with Crippen molar-refractivity contribution in [2.24, 2.45) is 5.92 Å². The molecule has 1 heterocycles. The fourth-order valence-corrected chi connectivity index (χ4v) is 2.48. The average Bonchev–Trinajstić information content (AvgIpc) is 2.84. The summed E-state index contributed by atoms with van der Waals surface area (Å²) in [5.74, 6) is 0.463. The molecule has 0 bridgehead atoms. The molecule has 2 heteroatoms. The van der Waals surface area contributed by atoms with Gasteiger partial charge in [-0.2, -0.15) is 0 Å². The SMILES string of the molecule is CCC(C)(C)c1ccc(C(=O)C2OCCC2C)cc1. The van der Waals surface area contributed by atoms with E-state index in [9.17, 15) is 4.79 Å². The van der Waals surface area contributed by atoms with Crippen LogP contribution in [0.1, 0.15) is 56.5 Å². The van der Waals surface area contributed by atoms with Gasteiger partial charge in [0.15, 0.2) is 5.78 Å². The number of rotatable bonds is 4. The minimum Gasteiger partial charge on any atom is -0.370 e. The van der Waals surface area contributed by atoms with Gasteiger partial charge in [-0.15, -0.1) is 0 Å². The Morgan fingerprint density at radius 1 is 1.32 bits per heavy atom. The summed E-state index contributed by atoms with van der Waals surface area (Å²) >= 11 is 0. The van der Waals surface area contributed by atoms with Crippen LogP contribution in [0.3, 0.4) is 0 Å². The van der Waals surface area contributed by atoms with Crippen LogP contribution in [0.5, 0.6) is 0 Å². The van der Waals surface area contributed by atoms with Crippen LogP contribution in [0.4, 0.5) is 0 Å². The lowest BCUT2D eigenvalue weighted by Crippen LogP contribution is -2.25. The number of benzene rings is 1. The highest BCUT2D eigenvalue weighted by Crippen LogP contribution is 2.28. The van der Waals surface area contributed by atoms with E-state index in [2.05, 4.69) is 39.8 Å². The van der Waals surface area contributed by atoms with Crippen molar-refractivity contribution < 1.29 is 9.53 Å². The lowest BCUT2D eigenvalue weighted by Gasteiger charge is -2.23. The van der Waals surface area contributed by atoms with E-state index in [1.807, 2.05) is 12.1 Å². The molecule has 0 radical (unpaired) electrons. The summed E-state index contributed by atoms with van der Waals surface area (Å²) in [6, 6.07) is 8.06. The molecule has 104 valence electrons. The topological polar surface area (TPSA) is 26.3 Å². The van der Waals surface area contributed by atoms with Crippen molar-refractivity contribution in [2.75, 3.05) is 6.61 Å². The second-order valence-corrected chi connectivity index (χ2v) is 6.24. The third kappa shape index (κ3) is 2.89. The number of ether oxygens (including phenoxy) is 1. The minimum absolute atomic E-state index is 0.130. The molecule has 0 aromatic heterocycles. The van der Waals surface area contributed by atoms with Gasteiger partial charge in [-0.1, -0.05) is 52.0 Å². The molecule has 1 aliphatic heterocycles. The Hall–Kier alpha value is -1.15. The first-order chi connectivity index (χ1) is 8.95. The third-order valence-electron chi connectivity index (χ3n) is 4.48. The molecule has 2 nitrogen and oxygen atoms in total. The third-order valence-corrected chi connectivity index (χ3v) is 4.48. The van der Waals surface area contributed by atoms with E-state index in [1.54, 1.807) is 0 Å².